The first-order valence-electron chi connectivity index (χ1n) is 9.35. The van der Waals surface area contributed by atoms with Gasteiger partial charge < -0.3 is 10.3 Å². The van der Waals surface area contributed by atoms with Crippen LogP contribution in [0.2, 0.25) is 0 Å². The summed E-state index contributed by atoms with van der Waals surface area (Å²) in [5, 5.41) is 7.54. The molecular formula is C22H24N4O3S. The summed E-state index contributed by atoms with van der Waals surface area (Å²) in [5.41, 5.74) is 8.86. The fourth-order valence-electron chi connectivity index (χ4n) is 3.15. The number of amidine groups is 1. The molecule has 30 heavy (non-hydrogen) atoms. The minimum atomic E-state index is -3.74. The molecule has 0 saturated carbocycles. The number of hydrogen-bond acceptors (Lipinski definition) is 4. The maximum absolute atomic E-state index is 13.0. The van der Waals surface area contributed by atoms with Gasteiger partial charge in [-0.3, -0.25) is 14.9 Å². The Hall–Kier alpha value is -3.39. The number of nitrogens with zero attached hydrogens (tertiary/aromatic N) is 1. The zero-order chi connectivity index (χ0) is 21.9. The fourth-order valence-corrected chi connectivity index (χ4v) is 4.35. The third-order valence-electron chi connectivity index (χ3n) is 4.84. The minimum Gasteiger partial charge on any atom is -0.384 e. The number of nitrogens with one attached hydrogen (secondary N) is 2. The summed E-state index contributed by atoms with van der Waals surface area (Å²) in [4.78, 5) is 13.0. The molecule has 0 aliphatic rings. The van der Waals surface area contributed by atoms with E-state index in [2.05, 4.69) is 4.72 Å². The van der Waals surface area contributed by atoms with Gasteiger partial charge in [0, 0.05) is 11.3 Å². The first-order valence-corrected chi connectivity index (χ1v) is 11.0. The standard InChI is InChI=1S/C22H24N4O3S/c1-15-12-18(21(23)24)9-10-19(15)13-26-16(2)8-11-20(22(26)27)25-30(28,29)14-17-6-4-3-5-7-17/h3-12,25H,13-14H2,1-2H3,(H3,23,24). The fraction of sp³-hybridized carbons (Fsp3) is 0.182. The van der Waals surface area contributed by atoms with Crippen LogP contribution in [0.5, 0.6) is 0 Å². The van der Waals surface area contributed by atoms with Crippen LogP contribution in [-0.4, -0.2) is 18.8 Å². The predicted octanol–water partition coefficient (Wildman–Crippen LogP) is 2.74. The lowest BCUT2D eigenvalue weighted by Crippen LogP contribution is -2.28. The van der Waals surface area contributed by atoms with Gasteiger partial charge in [0.15, 0.2) is 0 Å². The van der Waals surface area contributed by atoms with Gasteiger partial charge in [0.25, 0.3) is 5.56 Å². The van der Waals surface area contributed by atoms with Gasteiger partial charge in [0.05, 0.1) is 12.3 Å². The summed E-state index contributed by atoms with van der Waals surface area (Å²) >= 11 is 0. The molecule has 2 aromatic carbocycles. The molecule has 3 aromatic rings. The highest BCUT2D eigenvalue weighted by molar-refractivity contribution is 7.91. The van der Waals surface area contributed by atoms with Gasteiger partial charge in [-0.05, 0) is 48.7 Å². The number of rotatable bonds is 7. The third kappa shape index (κ3) is 4.96. The van der Waals surface area contributed by atoms with Crippen LogP contribution in [0.25, 0.3) is 0 Å². The Balaban J connectivity index is 1.89. The SMILES string of the molecule is Cc1cc(C(=N)N)ccc1Cn1c(C)ccc(NS(=O)(=O)Cc2ccccc2)c1=O. The maximum atomic E-state index is 13.0. The van der Waals surface area contributed by atoms with Gasteiger partial charge in [-0.2, -0.15) is 0 Å². The summed E-state index contributed by atoms with van der Waals surface area (Å²) in [7, 11) is -3.74. The molecule has 0 amide bonds. The molecule has 8 heteroatoms. The highest BCUT2D eigenvalue weighted by atomic mass is 32.2. The van der Waals surface area contributed by atoms with Gasteiger partial charge in [-0.25, -0.2) is 8.42 Å². The second-order valence-corrected chi connectivity index (χ2v) is 8.90. The lowest BCUT2D eigenvalue weighted by atomic mass is 10.0. The monoisotopic (exact) mass is 424 g/mol. The molecule has 0 fully saturated rings. The Morgan fingerprint density at radius 1 is 1.07 bits per heavy atom. The Labute approximate surface area is 175 Å². The first-order chi connectivity index (χ1) is 14.2. The summed E-state index contributed by atoms with van der Waals surface area (Å²) in [6.45, 7) is 3.96. The molecule has 0 spiro atoms. The molecule has 0 radical (unpaired) electrons. The maximum Gasteiger partial charge on any atom is 0.275 e. The van der Waals surface area contributed by atoms with Crippen molar-refractivity contribution in [1.29, 1.82) is 5.41 Å². The third-order valence-corrected chi connectivity index (χ3v) is 6.08. The summed E-state index contributed by atoms with van der Waals surface area (Å²) in [6.07, 6.45) is 0. The van der Waals surface area contributed by atoms with Crippen molar-refractivity contribution in [2.24, 2.45) is 5.73 Å². The lowest BCUT2D eigenvalue weighted by Gasteiger charge is -2.15. The van der Waals surface area contributed by atoms with E-state index in [-0.39, 0.29) is 23.8 Å². The van der Waals surface area contributed by atoms with E-state index >= 15 is 0 Å². The van der Waals surface area contributed by atoms with Crippen molar-refractivity contribution in [3.8, 4) is 0 Å². The van der Waals surface area contributed by atoms with Crippen molar-refractivity contribution in [3.63, 3.8) is 0 Å². The van der Waals surface area contributed by atoms with Gasteiger partial charge >= 0.3 is 0 Å². The molecule has 0 aliphatic heterocycles. The van der Waals surface area contributed by atoms with Crippen LogP contribution < -0.4 is 16.0 Å². The Bertz CT molecular complexity index is 1250. The highest BCUT2D eigenvalue weighted by Gasteiger charge is 2.16. The average Bonchev–Trinajstić information content (AvgIpc) is 2.68. The van der Waals surface area contributed by atoms with Crippen LogP contribution in [0.1, 0.15) is 27.9 Å². The summed E-state index contributed by atoms with van der Waals surface area (Å²) in [6, 6.07) is 17.3. The number of pyridine rings is 1. The van der Waals surface area contributed by atoms with Crippen molar-refractivity contribution < 1.29 is 8.42 Å². The summed E-state index contributed by atoms with van der Waals surface area (Å²) in [5.74, 6) is -0.236. The Kier molecular flexibility index (Phi) is 6.07. The zero-order valence-corrected chi connectivity index (χ0v) is 17.7. The molecule has 1 aromatic heterocycles. The number of sulfonamides is 1. The second-order valence-electron chi connectivity index (χ2n) is 7.18. The first kappa shape index (κ1) is 21.3. The lowest BCUT2D eigenvalue weighted by molar-refractivity contribution is 0.600. The van der Waals surface area contributed by atoms with Crippen LogP contribution >= 0.6 is 0 Å². The van der Waals surface area contributed by atoms with E-state index < -0.39 is 15.6 Å². The molecule has 0 bridgehead atoms. The predicted molar refractivity (Wildman–Crippen MR) is 119 cm³/mol. The smallest absolute Gasteiger partial charge is 0.275 e. The van der Waals surface area contributed by atoms with E-state index in [0.717, 1.165) is 11.1 Å². The van der Waals surface area contributed by atoms with Crippen molar-refractivity contribution in [1.82, 2.24) is 4.57 Å². The van der Waals surface area contributed by atoms with Gasteiger partial charge in [-0.15, -0.1) is 0 Å². The molecule has 3 rings (SSSR count). The molecule has 156 valence electrons. The quantitative estimate of drug-likeness (QED) is 0.399. The van der Waals surface area contributed by atoms with Crippen molar-refractivity contribution in [3.05, 3.63) is 99.0 Å². The van der Waals surface area contributed by atoms with E-state index in [1.807, 2.05) is 19.1 Å². The topological polar surface area (TPSA) is 118 Å². The number of aryl methyl sites for hydroxylation is 2. The van der Waals surface area contributed by atoms with Crippen LogP contribution in [-0.2, 0) is 22.3 Å². The highest BCUT2D eigenvalue weighted by Crippen LogP contribution is 2.15. The number of benzene rings is 2. The molecule has 0 atom stereocenters. The molecule has 0 aliphatic carbocycles. The van der Waals surface area contributed by atoms with Crippen molar-refractivity contribution >= 4 is 21.5 Å². The number of nitrogen functional groups attached to an aromatic ring is 1. The Morgan fingerprint density at radius 2 is 1.77 bits per heavy atom. The molecule has 1 heterocycles. The summed E-state index contributed by atoms with van der Waals surface area (Å²) < 4.78 is 29.0. The molecular weight excluding hydrogens is 400 g/mol. The van der Waals surface area contributed by atoms with Crippen molar-refractivity contribution in [2.75, 3.05) is 4.72 Å². The zero-order valence-electron chi connectivity index (χ0n) is 16.8. The van der Waals surface area contributed by atoms with E-state index in [4.69, 9.17) is 11.1 Å². The Morgan fingerprint density at radius 3 is 2.40 bits per heavy atom. The van der Waals surface area contributed by atoms with E-state index in [1.165, 1.54) is 10.6 Å². The van der Waals surface area contributed by atoms with Gasteiger partial charge in [0.1, 0.15) is 11.5 Å². The van der Waals surface area contributed by atoms with Crippen LogP contribution in [0.15, 0.2) is 65.5 Å². The van der Waals surface area contributed by atoms with Gasteiger partial charge in [-0.1, -0.05) is 42.5 Å². The largest absolute Gasteiger partial charge is 0.384 e. The second kappa shape index (κ2) is 8.54. The number of nitrogens with two attached hydrogens (primary N) is 1. The van der Waals surface area contributed by atoms with Crippen molar-refractivity contribution in [2.45, 2.75) is 26.1 Å². The molecule has 0 unspecified atom stereocenters. The van der Waals surface area contributed by atoms with Crippen LogP contribution in [0, 0.1) is 19.3 Å². The van der Waals surface area contributed by atoms with E-state index in [1.54, 1.807) is 49.4 Å². The van der Waals surface area contributed by atoms with Crippen LogP contribution in [0.4, 0.5) is 5.69 Å². The van der Waals surface area contributed by atoms with Crippen LogP contribution in [0.3, 0.4) is 0 Å². The van der Waals surface area contributed by atoms with E-state index in [9.17, 15) is 13.2 Å². The average molecular weight is 425 g/mol. The van der Waals surface area contributed by atoms with Gasteiger partial charge in [0.2, 0.25) is 10.0 Å². The van der Waals surface area contributed by atoms with E-state index in [0.29, 0.717) is 16.8 Å². The molecule has 0 saturated heterocycles. The number of aromatic nitrogens is 1. The normalized spacial score (nSPS) is 11.3. The minimum absolute atomic E-state index is 0.00883. The molecule has 4 N–H and O–H groups in total. The number of hydrogen-bond donors (Lipinski definition) is 3. The molecule has 7 nitrogen and oxygen atoms in total. The number of anilines is 1.